The number of primary sulfonamides is 1. The van der Waals surface area contributed by atoms with E-state index in [-0.39, 0.29) is 25.4 Å². The second-order valence-electron chi connectivity index (χ2n) is 5.22. The maximum absolute atomic E-state index is 12.0. The Morgan fingerprint density at radius 1 is 1.17 bits per heavy atom. The maximum atomic E-state index is 12.0. The van der Waals surface area contributed by atoms with Gasteiger partial charge in [-0.25, -0.2) is 13.6 Å². The Morgan fingerprint density at radius 3 is 2.13 bits per heavy atom. The third-order valence-corrected chi connectivity index (χ3v) is 4.99. The first-order valence-electron chi connectivity index (χ1n) is 6.88. The van der Waals surface area contributed by atoms with E-state index in [1.54, 1.807) is 12.1 Å². The SMILES string of the molecule is COc1cc(CN2CC(S(N)(=O)=O)CC2=O)cc(OC)c1OC. The van der Waals surface area contributed by atoms with Crippen molar-refractivity contribution in [2.75, 3.05) is 27.9 Å². The lowest BCUT2D eigenvalue weighted by Gasteiger charge is -2.19. The van der Waals surface area contributed by atoms with E-state index in [1.807, 2.05) is 0 Å². The van der Waals surface area contributed by atoms with Gasteiger partial charge in [-0.05, 0) is 17.7 Å². The minimum Gasteiger partial charge on any atom is -0.493 e. The van der Waals surface area contributed by atoms with E-state index < -0.39 is 15.3 Å². The smallest absolute Gasteiger partial charge is 0.224 e. The number of benzene rings is 1. The molecule has 0 radical (unpaired) electrons. The van der Waals surface area contributed by atoms with Crippen molar-refractivity contribution in [2.24, 2.45) is 5.14 Å². The third kappa shape index (κ3) is 3.67. The number of amides is 1. The number of rotatable bonds is 6. The number of carbonyl (C=O) groups is 1. The van der Waals surface area contributed by atoms with Gasteiger partial charge in [0.1, 0.15) is 5.25 Å². The van der Waals surface area contributed by atoms with Crippen LogP contribution in [0.25, 0.3) is 0 Å². The van der Waals surface area contributed by atoms with Gasteiger partial charge in [-0.3, -0.25) is 4.79 Å². The van der Waals surface area contributed by atoms with Crippen molar-refractivity contribution in [3.63, 3.8) is 0 Å². The Hall–Kier alpha value is -2.00. The first-order chi connectivity index (χ1) is 10.8. The summed E-state index contributed by atoms with van der Waals surface area (Å²) in [5.41, 5.74) is 0.739. The number of nitrogens with two attached hydrogens (primary N) is 1. The summed E-state index contributed by atoms with van der Waals surface area (Å²) < 4.78 is 38.6. The molecule has 0 spiro atoms. The quantitative estimate of drug-likeness (QED) is 0.784. The summed E-state index contributed by atoms with van der Waals surface area (Å²) >= 11 is 0. The summed E-state index contributed by atoms with van der Waals surface area (Å²) in [5.74, 6) is 1.14. The topological polar surface area (TPSA) is 108 Å². The standard InChI is InChI=1S/C14H20N2O6S/c1-20-11-4-9(5-12(21-2)14(11)22-3)7-16-8-10(6-13(16)17)23(15,18)19/h4-5,10H,6-8H2,1-3H3,(H2,15,18,19). The van der Waals surface area contributed by atoms with Crippen molar-refractivity contribution < 1.29 is 27.4 Å². The summed E-state index contributed by atoms with van der Waals surface area (Å²) in [5, 5.41) is 4.26. The number of likely N-dealkylation sites (tertiary alicyclic amines) is 1. The molecule has 0 aliphatic carbocycles. The predicted octanol–water partition coefficient (Wildman–Crippen LogP) is 0.102. The minimum atomic E-state index is -3.73. The van der Waals surface area contributed by atoms with Crippen LogP contribution in [-0.4, -0.2) is 52.3 Å². The Balaban J connectivity index is 2.25. The maximum Gasteiger partial charge on any atom is 0.224 e. The molecule has 1 aromatic rings. The predicted molar refractivity (Wildman–Crippen MR) is 83.0 cm³/mol. The molecular weight excluding hydrogens is 324 g/mol. The average molecular weight is 344 g/mol. The molecule has 1 atom stereocenters. The minimum absolute atomic E-state index is 0.0777. The van der Waals surface area contributed by atoms with Gasteiger partial charge < -0.3 is 19.1 Å². The van der Waals surface area contributed by atoms with Crippen molar-refractivity contribution in [3.05, 3.63) is 17.7 Å². The number of hydrogen-bond acceptors (Lipinski definition) is 6. The normalized spacial score (nSPS) is 18.2. The first-order valence-corrected chi connectivity index (χ1v) is 8.49. The van der Waals surface area contributed by atoms with Gasteiger partial charge in [-0.2, -0.15) is 0 Å². The van der Waals surface area contributed by atoms with E-state index in [9.17, 15) is 13.2 Å². The highest BCUT2D eigenvalue weighted by atomic mass is 32.2. The number of carbonyl (C=O) groups excluding carboxylic acids is 1. The molecule has 23 heavy (non-hydrogen) atoms. The molecule has 128 valence electrons. The second kappa shape index (κ2) is 6.63. The Bertz CT molecular complexity index is 678. The van der Waals surface area contributed by atoms with Crippen molar-refractivity contribution in [1.29, 1.82) is 0 Å². The van der Waals surface area contributed by atoms with E-state index in [0.717, 1.165) is 5.56 Å². The Morgan fingerprint density at radius 2 is 1.74 bits per heavy atom. The molecule has 1 aliphatic heterocycles. The number of methoxy groups -OCH3 is 3. The van der Waals surface area contributed by atoms with Crippen LogP contribution in [0.2, 0.25) is 0 Å². The van der Waals surface area contributed by atoms with Gasteiger partial charge in [-0.15, -0.1) is 0 Å². The molecule has 1 heterocycles. The van der Waals surface area contributed by atoms with Gasteiger partial charge >= 0.3 is 0 Å². The van der Waals surface area contributed by atoms with Gasteiger partial charge in [0.25, 0.3) is 0 Å². The van der Waals surface area contributed by atoms with Crippen LogP contribution < -0.4 is 19.3 Å². The summed E-state index contributed by atoms with van der Waals surface area (Å²) in [6, 6.07) is 3.44. The molecule has 1 fully saturated rings. The van der Waals surface area contributed by atoms with Gasteiger partial charge in [0.15, 0.2) is 11.5 Å². The number of nitrogens with zero attached hydrogens (tertiary/aromatic N) is 1. The van der Waals surface area contributed by atoms with E-state index in [4.69, 9.17) is 19.3 Å². The van der Waals surface area contributed by atoms with Crippen LogP contribution in [0, 0.1) is 0 Å². The fourth-order valence-corrected chi connectivity index (χ4v) is 3.32. The van der Waals surface area contributed by atoms with Crippen LogP contribution in [0.15, 0.2) is 12.1 Å². The van der Waals surface area contributed by atoms with Crippen LogP contribution in [0.4, 0.5) is 0 Å². The Labute approximate surface area is 135 Å². The van der Waals surface area contributed by atoms with Crippen LogP contribution in [0.1, 0.15) is 12.0 Å². The van der Waals surface area contributed by atoms with Gasteiger partial charge in [0, 0.05) is 19.5 Å². The van der Waals surface area contributed by atoms with Gasteiger partial charge in [0.05, 0.1) is 21.3 Å². The molecule has 0 aromatic heterocycles. The van der Waals surface area contributed by atoms with E-state index >= 15 is 0 Å². The Kier molecular flexibility index (Phi) is 5.00. The molecule has 1 aromatic carbocycles. The van der Waals surface area contributed by atoms with Crippen LogP contribution in [0.3, 0.4) is 0 Å². The summed E-state index contributed by atoms with van der Waals surface area (Å²) in [6.07, 6.45) is -0.0940. The average Bonchev–Trinajstić information content (AvgIpc) is 2.87. The van der Waals surface area contributed by atoms with Gasteiger partial charge in [-0.1, -0.05) is 0 Å². The van der Waals surface area contributed by atoms with Crippen LogP contribution >= 0.6 is 0 Å². The van der Waals surface area contributed by atoms with Crippen molar-refractivity contribution in [3.8, 4) is 17.2 Å². The van der Waals surface area contributed by atoms with E-state index in [0.29, 0.717) is 17.2 Å². The lowest BCUT2D eigenvalue weighted by Crippen LogP contribution is -2.31. The lowest BCUT2D eigenvalue weighted by atomic mass is 10.1. The van der Waals surface area contributed by atoms with Crippen molar-refractivity contribution in [2.45, 2.75) is 18.2 Å². The molecule has 8 nitrogen and oxygen atoms in total. The zero-order chi connectivity index (χ0) is 17.2. The molecule has 9 heteroatoms. The molecule has 1 unspecified atom stereocenters. The zero-order valence-corrected chi connectivity index (χ0v) is 14.1. The number of hydrogen-bond donors (Lipinski definition) is 1. The monoisotopic (exact) mass is 344 g/mol. The lowest BCUT2D eigenvalue weighted by molar-refractivity contribution is -0.128. The van der Waals surface area contributed by atoms with E-state index in [1.165, 1.54) is 26.2 Å². The summed E-state index contributed by atoms with van der Waals surface area (Å²) in [7, 11) is 0.770. The molecule has 1 saturated heterocycles. The van der Waals surface area contributed by atoms with E-state index in [2.05, 4.69) is 0 Å². The second-order valence-corrected chi connectivity index (χ2v) is 7.07. The number of ether oxygens (including phenoxy) is 3. The fraction of sp³-hybridized carbons (Fsp3) is 0.500. The highest BCUT2D eigenvalue weighted by Crippen LogP contribution is 2.38. The largest absolute Gasteiger partial charge is 0.493 e. The molecule has 1 aliphatic rings. The molecule has 0 bridgehead atoms. The van der Waals surface area contributed by atoms with Gasteiger partial charge in [0.2, 0.25) is 21.7 Å². The van der Waals surface area contributed by atoms with Crippen molar-refractivity contribution in [1.82, 2.24) is 4.90 Å². The molecule has 1 amide bonds. The zero-order valence-electron chi connectivity index (χ0n) is 13.2. The molecule has 2 rings (SSSR count). The molecule has 2 N–H and O–H groups in total. The first kappa shape index (κ1) is 17.4. The molecule has 0 saturated carbocycles. The molecular formula is C14H20N2O6S. The summed E-state index contributed by atoms with van der Waals surface area (Å²) in [4.78, 5) is 13.4. The number of sulfonamides is 1. The highest BCUT2D eigenvalue weighted by molar-refractivity contribution is 7.89. The van der Waals surface area contributed by atoms with Crippen LogP contribution in [-0.2, 0) is 21.4 Å². The third-order valence-electron chi connectivity index (χ3n) is 3.74. The fourth-order valence-electron chi connectivity index (χ4n) is 2.56. The highest BCUT2D eigenvalue weighted by Gasteiger charge is 2.36. The summed E-state index contributed by atoms with van der Waals surface area (Å²) in [6.45, 7) is 0.315. The van der Waals surface area contributed by atoms with Crippen molar-refractivity contribution >= 4 is 15.9 Å². The van der Waals surface area contributed by atoms with Crippen LogP contribution in [0.5, 0.6) is 17.2 Å².